The van der Waals surface area contributed by atoms with E-state index in [-0.39, 0.29) is 107 Å². The highest BCUT2D eigenvalue weighted by atomic mass is 32.1. The summed E-state index contributed by atoms with van der Waals surface area (Å²) in [4.78, 5) is 0. The summed E-state index contributed by atoms with van der Waals surface area (Å²) in [5, 5.41) is 60.6. The fraction of sp³-hybridized carbons (Fsp3) is 1.00. The third-order valence-corrected chi connectivity index (χ3v) is 0. The Labute approximate surface area is 202 Å². The monoisotopic (exact) mass is 504 g/mol. The summed E-state index contributed by atoms with van der Waals surface area (Å²) >= 11 is 0. The zero-order valence-electron chi connectivity index (χ0n) is 19.2. The Hall–Kier alpha value is 1.08. The van der Waals surface area contributed by atoms with Gasteiger partial charge in [0.1, 0.15) is 0 Å². The first kappa shape index (κ1) is 78.6. The molecular weight excluding hydrogens is 448 g/mol. The lowest BCUT2D eigenvalue weighted by atomic mass is 10.9. The highest BCUT2D eigenvalue weighted by molar-refractivity contribution is 7.59. The van der Waals surface area contributed by atoms with E-state index in [1.807, 2.05) is 0 Å². The van der Waals surface area contributed by atoms with Crippen molar-refractivity contribution in [3.8, 4) is 0 Å². The van der Waals surface area contributed by atoms with Crippen molar-refractivity contribution >= 4 is 54.0 Å². The summed E-state index contributed by atoms with van der Waals surface area (Å²) in [6.07, 6.45) is 0. The molecule has 12 heteroatoms. The molecule has 0 atom stereocenters. The maximum atomic E-state index is 7.57. The summed E-state index contributed by atoms with van der Waals surface area (Å²) in [7, 11) is 0. The molecule has 0 spiro atoms. The molecule has 0 aromatic heterocycles. The van der Waals surface area contributed by atoms with Crippen LogP contribution in [0.3, 0.4) is 0 Å². The third-order valence-electron chi connectivity index (χ3n) is 0. The molecule has 8 nitrogen and oxygen atoms in total. The van der Waals surface area contributed by atoms with Gasteiger partial charge in [0.05, 0.1) is 0 Å². The van der Waals surface area contributed by atoms with Gasteiger partial charge in [0.15, 0.2) is 0 Å². The third kappa shape index (κ3) is 15800. The van der Waals surface area contributed by atoms with Crippen molar-refractivity contribution in [3.63, 3.8) is 0 Å². The topological polar surface area (TPSA) is 162 Å². The van der Waals surface area contributed by atoms with Crippen LogP contribution in [-0.4, -0.2) is 93.7 Å². The number of hydrogen-bond donors (Lipinski definition) is 8. The molecule has 0 amide bonds. The maximum Gasteiger partial charge on any atom is 0.0402 e. The van der Waals surface area contributed by atoms with Crippen LogP contribution in [0.2, 0.25) is 0 Å². The van der Waals surface area contributed by atoms with Gasteiger partial charge in [-0.15, -0.1) is 0 Å². The molecule has 0 fully saturated rings. The number of aliphatic hydroxyl groups excluding tert-OH is 8. The summed E-state index contributed by atoms with van der Waals surface area (Å²) < 4.78 is 0. The quantitative estimate of drug-likeness (QED) is 0.236. The van der Waals surface area contributed by atoms with Crippen LogP contribution in [0.5, 0.6) is 0 Å². The normalized spacial score (nSPS) is 5.14. The highest BCUT2D eigenvalue weighted by Crippen LogP contribution is 1.32. The average molecular weight is 505 g/mol. The van der Waals surface area contributed by atoms with E-state index in [1.54, 1.807) is 55.4 Å². The van der Waals surface area contributed by atoms with Gasteiger partial charge < -0.3 is 40.9 Å². The van der Waals surface area contributed by atoms with Gasteiger partial charge in [-0.1, -0.05) is 0 Å². The fourth-order valence-electron chi connectivity index (χ4n) is 0. The molecule has 0 aromatic rings. The largest absolute Gasteiger partial charge is 0.397 e. The van der Waals surface area contributed by atoms with Gasteiger partial charge in [0.2, 0.25) is 0 Å². The molecule has 192 valence electrons. The molecule has 0 aliphatic rings. The zero-order valence-corrected chi connectivity index (χ0v) is 23.2. The Morgan fingerprint density at radius 1 is 0.250 bits per heavy atom. The number of hydrogen-bond acceptors (Lipinski definition) is 8. The second-order valence-electron chi connectivity index (χ2n) is 2.53. The standard InChI is InChI=1S/8C2H6O.4H2S/c8*1-2-3;;;;/h8*3H,2H2,1H3;4*1H2. The maximum absolute atomic E-state index is 7.57. The smallest absolute Gasteiger partial charge is 0.0402 e. The first-order valence-electron chi connectivity index (χ1n) is 8.19. The summed E-state index contributed by atoms with van der Waals surface area (Å²) in [6, 6.07) is 0. The molecule has 0 aliphatic heterocycles. The molecule has 0 rings (SSSR count). The highest BCUT2D eigenvalue weighted by Gasteiger charge is 1.36. The lowest BCUT2D eigenvalue weighted by Crippen LogP contribution is -1.57. The van der Waals surface area contributed by atoms with Crippen molar-refractivity contribution in [3.05, 3.63) is 0 Å². The van der Waals surface area contributed by atoms with Gasteiger partial charge in [-0.05, 0) is 55.4 Å². The molecule has 0 bridgehead atoms. The van der Waals surface area contributed by atoms with E-state index in [1.165, 1.54) is 0 Å². The summed E-state index contributed by atoms with van der Waals surface area (Å²) in [5.74, 6) is 0. The lowest BCUT2D eigenvalue weighted by Gasteiger charge is -1.52. The first-order valence-corrected chi connectivity index (χ1v) is 8.19. The molecule has 0 saturated heterocycles. The van der Waals surface area contributed by atoms with Crippen molar-refractivity contribution in [2.24, 2.45) is 0 Å². The molecule has 0 saturated carbocycles. The van der Waals surface area contributed by atoms with Crippen LogP contribution in [0.4, 0.5) is 0 Å². The fourth-order valence-corrected chi connectivity index (χ4v) is 0. The Morgan fingerprint density at radius 2 is 0.250 bits per heavy atom. The molecular formula is C16H56O8S4. The predicted molar refractivity (Wildman–Crippen MR) is 144 cm³/mol. The van der Waals surface area contributed by atoms with Gasteiger partial charge in [0.25, 0.3) is 0 Å². The summed E-state index contributed by atoms with van der Waals surface area (Å²) in [5.41, 5.74) is 0. The Morgan fingerprint density at radius 3 is 0.250 bits per heavy atom. The average Bonchev–Trinajstić information content (AvgIpc) is 2.45. The van der Waals surface area contributed by atoms with Crippen LogP contribution in [0.25, 0.3) is 0 Å². The van der Waals surface area contributed by atoms with Crippen molar-refractivity contribution in [2.75, 3.05) is 52.9 Å². The molecule has 0 aromatic carbocycles. The number of aliphatic hydroxyl groups is 8. The lowest BCUT2D eigenvalue weighted by molar-refractivity contribution is 0.318. The predicted octanol–water partition coefficient (Wildman–Crippen LogP) is 0.440. The van der Waals surface area contributed by atoms with Crippen molar-refractivity contribution in [1.29, 1.82) is 0 Å². The molecule has 28 heavy (non-hydrogen) atoms. The van der Waals surface area contributed by atoms with Crippen LogP contribution in [-0.2, 0) is 0 Å². The number of rotatable bonds is 0. The first-order chi connectivity index (χ1) is 11.3. The molecule has 0 heterocycles. The van der Waals surface area contributed by atoms with E-state index in [0.717, 1.165) is 0 Å². The molecule has 0 radical (unpaired) electrons. The van der Waals surface area contributed by atoms with Crippen molar-refractivity contribution in [2.45, 2.75) is 55.4 Å². The second-order valence-corrected chi connectivity index (χ2v) is 2.53. The van der Waals surface area contributed by atoms with E-state index in [4.69, 9.17) is 40.9 Å². The van der Waals surface area contributed by atoms with E-state index >= 15 is 0 Å². The Balaban J connectivity index is -0.0000000102. The van der Waals surface area contributed by atoms with Gasteiger partial charge in [-0.25, -0.2) is 0 Å². The van der Waals surface area contributed by atoms with Crippen LogP contribution < -0.4 is 0 Å². The van der Waals surface area contributed by atoms with Crippen molar-refractivity contribution < 1.29 is 40.9 Å². The van der Waals surface area contributed by atoms with Gasteiger partial charge in [-0.2, -0.15) is 54.0 Å². The minimum absolute atomic E-state index is 0. The second kappa shape index (κ2) is 250. The van der Waals surface area contributed by atoms with Gasteiger partial charge in [-0.3, -0.25) is 0 Å². The van der Waals surface area contributed by atoms with E-state index < -0.39 is 0 Å². The minimum Gasteiger partial charge on any atom is -0.397 e. The van der Waals surface area contributed by atoms with E-state index in [2.05, 4.69) is 0 Å². The summed E-state index contributed by atoms with van der Waals surface area (Å²) in [6.45, 7) is 15.4. The van der Waals surface area contributed by atoms with Crippen LogP contribution >= 0.6 is 54.0 Å². The van der Waals surface area contributed by atoms with Crippen molar-refractivity contribution in [1.82, 2.24) is 0 Å². The van der Waals surface area contributed by atoms with Gasteiger partial charge >= 0.3 is 0 Å². The minimum atomic E-state index is 0. The molecule has 0 unspecified atom stereocenters. The molecule has 8 N–H and O–H groups in total. The van der Waals surface area contributed by atoms with E-state index in [9.17, 15) is 0 Å². The Kier molecular flexibility index (Phi) is 701. The SMILES string of the molecule is CCO.CCO.CCO.CCO.CCO.CCO.CCO.CCO.S.S.S.S. The van der Waals surface area contributed by atoms with Crippen LogP contribution in [0.15, 0.2) is 0 Å². The Bertz CT molecular complexity index is 62.6. The van der Waals surface area contributed by atoms with Crippen LogP contribution in [0, 0.1) is 0 Å². The van der Waals surface area contributed by atoms with E-state index in [0.29, 0.717) is 0 Å². The zero-order chi connectivity index (χ0) is 21.7. The molecule has 0 aliphatic carbocycles. The van der Waals surface area contributed by atoms with Crippen LogP contribution in [0.1, 0.15) is 55.4 Å². The van der Waals surface area contributed by atoms with Gasteiger partial charge in [0, 0.05) is 52.9 Å².